The number of amides is 2. The summed E-state index contributed by atoms with van der Waals surface area (Å²) in [6.07, 6.45) is 3.41. The average Bonchev–Trinajstić information content (AvgIpc) is 3.23. The van der Waals surface area contributed by atoms with Crippen molar-refractivity contribution in [2.45, 2.75) is 84.0 Å². The van der Waals surface area contributed by atoms with Crippen molar-refractivity contribution in [2.24, 2.45) is 5.41 Å². The number of likely N-dealkylation sites (tertiary alicyclic amines) is 1. The number of halogens is 1. The summed E-state index contributed by atoms with van der Waals surface area (Å²) in [6.45, 7) is 9.82. The number of hydrogen-bond donors (Lipinski definition) is 2. The molecule has 39 heavy (non-hydrogen) atoms. The smallest absolute Gasteiger partial charge is 0.248 e. The molecule has 0 spiro atoms. The lowest BCUT2D eigenvalue weighted by Gasteiger charge is -2.34. The molecule has 4 atom stereocenters. The van der Waals surface area contributed by atoms with Crippen molar-refractivity contribution in [1.29, 1.82) is 0 Å². The number of carbonyl (C=O) groups excluding carboxylic acids is 2. The predicted octanol–water partition coefficient (Wildman–Crippen LogP) is 4.67. The number of thiazole rings is 1. The summed E-state index contributed by atoms with van der Waals surface area (Å²) in [4.78, 5) is 34.3. The first-order valence-corrected chi connectivity index (χ1v) is 14.6. The number of aryl methyl sites for hydroxylation is 1. The summed E-state index contributed by atoms with van der Waals surface area (Å²) in [5.41, 5.74) is 4.91. The highest BCUT2D eigenvalue weighted by molar-refractivity contribution is 7.13. The van der Waals surface area contributed by atoms with Gasteiger partial charge in [-0.2, -0.15) is 0 Å². The number of rotatable bonds is 7. The maximum Gasteiger partial charge on any atom is 0.248 e. The van der Waals surface area contributed by atoms with Gasteiger partial charge in [0.05, 0.1) is 33.9 Å². The van der Waals surface area contributed by atoms with Crippen LogP contribution in [0.5, 0.6) is 0 Å². The van der Waals surface area contributed by atoms with Crippen molar-refractivity contribution in [2.75, 3.05) is 6.54 Å². The van der Waals surface area contributed by atoms with E-state index in [4.69, 9.17) is 11.6 Å². The summed E-state index contributed by atoms with van der Waals surface area (Å²) in [6, 6.07) is 3.91. The molecule has 1 aromatic carbocycles. The molecule has 5 rings (SSSR count). The molecule has 0 bridgehead atoms. The first-order chi connectivity index (χ1) is 18.4. The number of β-amino-alcohol motifs (C(OH)–C–C–N with tert-alkyl or cyclic N) is 1. The van der Waals surface area contributed by atoms with Crippen molar-refractivity contribution >= 4 is 34.8 Å². The Morgan fingerprint density at radius 2 is 2.00 bits per heavy atom. The molecule has 1 aliphatic carbocycles. The van der Waals surface area contributed by atoms with Crippen LogP contribution in [-0.4, -0.2) is 60.5 Å². The fourth-order valence-electron chi connectivity index (χ4n) is 5.31. The first kappa shape index (κ1) is 27.7. The topological polar surface area (TPSA) is 113 Å². The largest absolute Gasteiger partial charge is 0.391 e. The van der Waals surface area contributed by atoms with Gasteiger partial charge in [0.2, 0.25) is 11.8 Å². The maximum absolute atomic E-state index is 14.0. The molecular weight excluding hydrogens is 536 g/mol. The minimum atomic E-state index is -0.802. The number of nitrogens with one attached hydrogen (secondary N) is 1. The molecule has 2 aliphatic rings. The minimum Gasteiger partial charge on any atom is -0.391 e. The Balaban J connectivity index is 1.33. The zero-order valence-corrected chi connectivity index (χ0v) is 24.5. The number of benzene rings is 1. The van der Waals surface area contributed by atoms with Gasteiger partial charge in [0.1, 0.15) is 12.1 Å². The number of aliphatic hydroxyl groups is 1. The van der Waals surface area contributed by atoms with Crippen LogP contribution in [0, 0.1) is 12.3 Å². The Morgan fingerprint density at radius 3 is 2.62 bits per heavy atom. The molecule has 2 N–H and O–H groups in total. The molecular formula is C28H35ClN6O3S. The minimum absolute atomic E-state index is 0.0890. The third kappa shape index (κ3) is 5.73. The van der Waals surface area contributed by atoms with Crippen LogP contribution >= 0.6 is 22.9 Å². The SMILES string of the molecule is Cc1ncsc1-c1ccc(C(C)NC(=O)[C@@H]2C[C@@H](O)CN2C(=O)[C@@H](n2cc(C3CC3)nn2)C(C)(C)C)c(Cl)c1. The maximum atomic E-state index is 14.0. The molecule has 2 fully saturated rings. The number of carbonyl (C=O) groups is 2. The van der Waals surface area contributed by atoms with E-state index in [1.807, 2.05) is 59.0 Å². The van der Waals surface area contributed by atoms with Gasteiger partial charge in [-0.3, -0.25) is 9.59 Å². The van der Waals surface area contributed by atoms with Crippen molar-refractivity contribution in [3.8, 4) is 10.4 Å². The highest BCUT2D eigenvalue weighted by atomic mass is 35.5. The highest BCUT2D eigenvalue weighted by Gasteiger charge is 2.45. The fourth-order valence-corrected chi connectivity index (χ4v) is 6.46. The molecule has 208 valence electrons. The first-order valence-electron chi connectivity index (χ1n) is 13.3. The lowest BCUT2D eigenvalue weighted by molar-refractivity contribution is -0.144. The van der Waals surface area contributed by atoms with E-state index in [1.165, 1.54) is 4.90 Å². The zero-order chi connectivity index (χ0) is 28.1. The van der Waals surface area contributed by atoms with Crippen molar-refractivity contribution in [3.63, 3.8) is 0 Å². The summed E-state index contributed by atoms with van der Waals surface area (Å²) in [5, 5.41) is 22.7. The lowest BCUT2D eigenvalue weighted by atomic mass is 9.85. The summed E-state index contributed by atoms with van der Waals surface area (Å²) >= 11 is 8.19. The lowest BCUT2D eigenvalue weighted by Crippen LogP contribution is -2.50. The van der Waals surface area contributed by atoms with Gasteiger partial charge in [-0.1, -0.05) is 49.7 Å². The van der Waals surface area contributed by atoms with Crippen molar-refractivity contribution < 1.29 is 14.7 Å². The third-order valence-corrected chi connectivity index (χ3v) is 8.85. The van der Waals surface area contributed by atoms with Crippen LogP contribution in [0.25, 0.3) is 10.4 Å². The Labute approximate surface area is 237 Å². The van der Waals surface area contributed by atoms with E-state index in [2.05, 4.69) is 20.6 Å². The molecule has 1 unspecified atom stereocenters. The van der Waals surface area contributed by atoms with Crippen LogP contribution in [0.3, 0.4) is 0 Å². The second-order valence-corrected chi connectivity index (χ2v) is 13.1. The van der Waals surface area contributed by atoms with E-state index in [1.54, 1.807) is 21.5 Å². The van der Waals surface area contributed by atoms with Crippen LogP contribution in [0.2, 0.25) is 5.02 Å². The van der Waals surface area contributed by atoms with E-state index in [9.17, 15) is 14.7 Å². The average molecular weight is 571 g/mol. The van der Waals surface area contributed by atoms with Crippen molar-refractivity contribution in [3.05, 3.63) is 51.9 Å². The van der Waals surface area contributed by atoms with E-state index in [0.717, 1.165) is 40.2 Å². The second kappa shape index (κ2) is 10.6. The van der Waals surface area contributed by atoms with Gasteiger partial charge >= 0.3 is 0 Å². The van der Waals surface area contributed by atoms with E-state index < -0.39 is 29.6 Å². The third-order valence-electron chi connectivity index (χ3n) is 7.54. The van der Waals surface area contributed by atoms with E-state index in [-0.39, 0.29) is 24.8 Å². The molecule has 2 aromatic heterocycles. The fraction of sp³-hybridized carbons (Fsp3) is 0.536. The van der Waals surface area contributed by atoms with Gasteiger partial charge in [-0.15, -0.1) is 16.4 Å². The number of aliphatic hydroxyl groups excluding tert-OH is 1. The van der Waals surface area contributed by atoms with Gasteiger partial charge < -0.3 is 15.3 Å². The predicted molar refractivity (Wildman–Crippen MR) is 150 cm³/mol. The summed E-state index contributed by atoms with van der Waals surface area (Å²) in [7, 11) is 0. The van der Waals surface area contributed by atoms with E-state index in [0.29, 0.717) is 10.9 Å². The molecule has 1 saturated carbocycles. The molecule has 2 amide bonds. The van der Waals surface area contributed by atoms with Crippen LogP contribution < -0.4 is 5.32 Å². The molecule has 9 nitrogen and oxygen atoms in total. The van der Waals surface area contributed by atoms with Crippen molar-refractivity contribution in [1.82, 2.24) is 30.2 Å². The van der Waals surface area contributed by atoms with E-state index >= 15 is 0 Å². The number of nitrogens with zero attached hydrogens (tertiary/aromatic N) is 5. The Bertz CT molecular complexity index is 1380. The van der Waals surface area contributed by atoms with Gasteiger partial charge in [-0.05, 0) is 49.3 Å². The highest BCUT2D eigenvalue weighted by Crippen LogP contribution is 2.40. The summed E-state index contributed by atoms with van der Waals surface area (Å²) in [5.74, 6) is -0.160. The van der Waals surface area contributed by atoms with Gasteiger partial charge in [0.25, 0.3) is 0 Å². The number of hydrogen-bond acceptors (Lipinski definition) is 7. The molecule has 3 heterocycles. The quantitative estimate of drug-likeness (QED) is 0.427. The second-order valence-electron chi connectivity index (χ2n) is 11.8. The van der Waals surface area contributed by atoms with Gasteiger partial charge in [0, 0.05) is 30.1 Å². The standard InChI is InChI=1S/C28H35ClN6O3S/c1-15(20-9-8-18(10-21(20)29)24-16(2)30-14-39-24)31-26(37)23-11-19(36)12-34(23)27(38)25(28(3,4)5)35-13-22(32-33-35)17-6-7-17/h8-10,13-15,17,19,23,25,36H,6-7,11-12H2,1-5H3,(H,31,37)/t15?,19-,23+,25-/m1/s1. The molecule has 1 saturated heterocycles. The Morgan fingerprint density at radius 1 is 1.26 bits per heavy atom. The zero-order valence-electron chi connectivity index (χ0n) is 22.9. The normalized spacial score (nSPS) is 21.2. The molecule has 3 aromatic rings. The van der Waals surface area contributed by atoms with Crippen LogP contribution in [0.15, 0.2) is 29.9 Å². The van der Waals surface area contributed by atoms with Gasteiger partial charge in [-0.25, -0.2) is 9.67 Å². The molecule has 1 aliphatic heterocycles. The number of aromatic nitrogens is 4. The monoisotopic (exact) mass is 570 g/mol. The Kier molecular flexibility index (Phi) is 7.56. The van der Waals surface area contributed by atoms with Crippen LogP contribution in [0.4, 0.5) is 0 Å². The van der Waals surface area contributed by atoms with Crippen LogP contribution in [-0.2, 0) is 9.59 Å². The van der Waals surface area contributed by atoms with Crippen LogP contribution in [0.1, 0.15) is 81.9 Å². The summed E-state index contributed by atoms with van der Waals surface area (Å²) < 4.78 is 1.63. The Hall–Kier alpha value is -2.82. The van der Waals surface area contributed by atoms with Gasteiger partial charge in [0.15, 0.2) is 0 Å². The molecule has 11 heteroatoms. The molecule has 0 radical (unpaired) electrons.